The molecule has 37 heavy (non-hydrogen) atoms. The molecule has 3 aromatic carbocycles. The zero-order valence-corrected chi connectivity index (χ0v) is 21.6. The Kier molecular flexibility index (Phi) is 6.83. The number of amides is 2. The number of rotatable bonds is 7. The maximum absolute atomic E-state index is 12.6. The highest BCUT2D eigenvalue weighted by molar-refractivity contribution is 5.94. The Morgan fingerprint density at radius 1 is 0.892 bits per heavy atom. The van der Waals surface area contributed by atoms with Crippen molar-refractivity contribution < 1.29 is 14.4 Å². The molecule has 2 N–H and O–H groups in total. The van der Waals surface area contributed by atoms with Gasteiger partial charge < -0.3 is 15.5 Å². The number of fused-ring (bicyclic) bond motifs is 1. The monoisotopic (exact) mass is 495 g/mol. The van der Waals surface area contributed by atoms with E-state index in [1.165, 1.54) is 6.92 Å². The first kappa shape index (κ1) is 24.8. The molecule has 0 spiro atoms. The van der Waals surface area contributed by atoms with Gasteiger partial charge in [-0.1, -0.05) is 30.3 Å². The normalized spacial score (nSPS) is 18.6. The lowest BCUT2D eigenvalue weighted by atomic mass is 9.88. The molecule has 0 unspecified atom stereocenters. The van der Waals surface area contributed by atoms with E-state index in [2.05, 4.69) is 23.6 Å². The molecule has 2 amide bonds. The van der Waals surface area contributed by atoms with Gasteiger partial charge in [0.25, 0.3) is 0 Å². The van der Waals surface area contributed by atoms with Crippen LogP contribution in [0.2, 0.25) is 0 Å². The Morgan fingerprint density at radius 2 is 1.62 bits per heavy atom. The van der Waals surface area contributed by atoms with Gasteiger partial charge in [0.1, 0.15) is 5.78 Å². The van der Waals surface area contributed by atoms with Crippen LogP contribution in [0, 0.1) is 5.92 Å². The molecule has 1 saturated carbocycles. The summed E-state index contributed by atoms with van der Waals surface area (Å²) in [6.07, 6.45) is 3.34. The number of nitrogens with one attached hydrogen (secondary N) is 2. The fraction of sp³-hybridized carbons (Fsp3) is 0.323. The number of carbonyl (C=O) groups excluding carboxylic acids is 3. The van der Waals surface area contributed by atoms with Crippen molar-refractivity contribution in [3.8, 4) is 11.1 Å². The SMILES string of the molecule is CC(=O)Nc1cccc(-c2ccc3c(c2)[C@H](Nc2ccc(CC(=O)C4CC4)cc2)C[C@H](C)N3C(C)=O)c1. The van der Waals surface area contributed by atoms with Crippen LogP contribution in [-0.4, -0.2) is 23.6 Å². The Morgan fingerprint density at radius 3 is 2.30 bits per heavy atom. The lowest BCUT2D eigenvalue weighted by molar-refractivity contribution is -0.119. The molecule has 0 aromatic heterocycles. The standard InChI is InChI=1S/C31H33N3O3/c1-19-15-29(33-26-12-7-22(8-13-26)16-31(37)23-9-10-23)28-18-25(11-14-30(28)34(19)21(3)36)24-5-4-6-27(17-24)32-20(2)35/h4-8,11-14,17-19,23,29,33H,9-10,15-16H2,1-3H3,(H,32,35)/t19-,29+/m0/s1. The second kappa shape index (κ2) is 10.2. The van der Waals surface area contributed by atoms with Crippen LogP contribution in [0.5, 0.6) is 0 Å². The Hall–Kier alpha value is -3.93. The van der Waals surface area contributed by atoms with Gasteiger partial charge in [-0.3, -0.25) is 14.4 Å². The third-order valence-electron chi connectivity index (χ3n) is 7.24. The van der Waals surface area contributed by atoms with Gasteiger partial charge in [-0.15, -0.1) is 0 Å². The van der Waals surface area contributed by atoms with Crippen molar-refractivity contribution in [1.82, 2.24) is 0 Å². The summed E-state index contributed by atoms with van der Waals surface area (Å²) in [5, 5.41) is 6.53. The zero-order valence-electron chi connectivity index (χ0n) is 21.6. The summed E-state index contributed by atoms with van der Waals surface area (Å²) >= 11 is 0. The third kappa shape index (κ3) is 5.58. The number of ketones is 1. The van der Waals surface area contributed by atoms with Crippen LogP contribution in [0.1, 0.15) is 57.2 Å². The molecule has 0 radical (unpaired) electrons. The Bertz CT molecular complexity index is 1340. The molecule has 6 nitrogen and oxygen atoms in total. The summed E-state index contributed by atoms with van der Waals surface area (Å²) in [5.41, 5.74) is 6.76. The van der Waals surface area contributed by atoms with Crippen molar-refractivity contribution in [1.29, 1.82) is 0 Å². The van der Waals surface area contributed by atoms with E-state index >= 15 is 0 Å². The summed E-state index contributed by atoms with van der Waals surface area (Å²) < 4.78 is 0. The van der Waals surface area contributed by atoms with Crippen LogP contribution in [0.3, 0.4) is 0 Å². The average Bonchev–Trinajstić information content (AvgIpc) is 3.70. The molecule has 5 rings (SSSR count). The highest BCUT2D eigenvalue weighted by Gasteiger charge is 2.33. The molecule has 3 aromatic rings. The van der Waals surface area contributed by atoms with E-state index in [4.69, 9.17) is 0 Å². The van der Waals surface area contributed by atoms with Crippen molar-refractivity contribution >= 4 is 34.7 Å². The summed E-state index contributed by atoms with van der Waals surface area (Å²) in [6.45, 7) is 5.19. The number of carbonyl (C=O) groups is 3. The zero-order chi connectivity index (χ0) is 26.1. The lowest BCUT2D eigenvalue weighted by Gasteiger charge is -2.39. The molecule has 6 heteroatoms. The predicted octanol–water partition coefficient (Wildman–Crippen LogP) is 6.13. The first-order valence-electron chi connectivity index (χ1n) is 13.0. The van der Waals surface area contributed by atoms with Crippen molar-refractivity contribution in [2.75, 3.05) is 15.5 Å². The smallest absolute Gasteiger partial charge is 0.224 e. The highest BCUT2D eigenvalue weighted by Crippen LogP contribution is 2.41. The number of hydrogen-bond donors (Lipinski definition) is 2. The second-order valence-electron chi connectivity index (χ2n) is 10.3. The van der Waals surface area contributed by atoms with Gasteiger partial charge in [0.05, 0.1) is 6.04 Å². The maximum Gasteiger partial charge on any atom is 0.224 e. The molecule has 2 aliphatic rings. The van der Waals surface area contributed by atoms with Crippen LogP contribution < -0.4 is 15.5 Å². The number of nitrogens with zero attached hydrogens (tertiary/aromatic N) is 1. The molecule has 0 saturated heterocycles. The van der Waals surface area contributed by atoms with Gasteiger partial charge in [0.2, 0.25) is 11.8 Å². The van der Waals surface area contributed by atoms with Crippen LogP contribution in [0.15, 0.2) is 66.7 Å². The minimum absolute atomic E-state index is 0.0121. The second-order valence-corrected chi connectivity index (χ2v) is 10.3. The van der Waals surface area contributed by atoms with E-state index in [-0.39, 0.29) is 29.8 Å². The van der Waals surface area contributed by atoms with Crippen molar-refractivity contribution in [2.45, 2.75) is 58.5 Å². The minimum atomic E-state index is -0.110. The molecule has 1 aliphatic carbocycles. The molecular formula is C31H33N3O3. The van der Waals surface area contributed by atoms with Gasteiger partial charge in [0.15, 0.2) is 0 Å². The lowest BCUT2D eigenvalue weighted by Crippen LogP contribution is -2.43. The summed E-state index contributed by atoms with van der Waals surface area (Å²) in [6, 6.07) is 22.2. The van der Waals surface area contributed by atoms with E-state index in [1.54, 1.807) is 6.92 Å². The summed E-state index contributed by atoms with van der Waals surface area (Å²) in [7, 11) is 0. The first-order valence-corrected chi connectivity index (χ1v) is 13.0. The molecular weight excluding hydrogens is 462 g/mol. The van der Waals surface area contributed by atoms with Crippen molar-refractivity contribution in [3.63, 3.8) is 0 Å². The van der Waals surface area contributed by atoms with E-state index in [1.807, 2.05) is 65.6 Å². The quantitative estimate of drug-likeness (QED) is 0.413. The number of anilines is 3. The van der Waals surface area contributed by atoms with Gasteiger partial charge in [-0.2, -0.15) is 0 Å². The van der Waals surface area contributed by atoms with Crippen LogP contribution >= 0.6 is 0 Å². The van der Waals surface area contributed by atoms with Crippen LogP contribution in [-0.2, 0) is 20.8 Å². The highest BCUT2D eigenvalue weighted by atomic mass is 16.2. The molecule has 0 bridgehead atoms. The topological polar surface area (TPSA) is 78.5 Å². The average molecular weight is 496 g/mol. The number of hydrogen-bond acceptors (Lipinski definition) is 4. The van der Waals surface area contributed by atoms with Crippen molar-refractivity contribution in [3.05, 3.63) is 77.9 Å². The number of benzene rings is 3. The van der Waals surface area contributed by atoms with E-state index in [9.17, 15) is 14.4 Å². The largest absolute Gasteiger partial charge is 0.378 e. The third-order valence-corrected chi connectivity index (χ3v) is 7.24. The van der Waals surface area contributed by atoms with Crippen LogP contribution in [0.4, 0.5) is 17.1 Å². The Balaban J connectivity index is 1.44. The minimum Gasteiger partial charge on any atom is -0.378 e. The van der Waals surface area contributed by atoms with E-state index in [0.717, 1.165) is 58.6 Å². The summed E-state index contributed by atoms with van der Waals surface area (Å²) in [5.74, 6) is 0.531. The van der Waals surface area contributed by atoms with Gasteiger partial charge >= 0.3 is 0 Å². The molecule has 1 heterocycles. The molecule has 2 atom stereocenters. The number of Topliss-reactive ketones (excluding diaryl/α,β-unsaturated/α-hetero) is 1. The van der Waals surface area contributed by atoms with E-state index < -0.39 is 0 Å². The molecule has 1 aliphatic heterocycles. The first-order chi connectivity index (χ1) is 17.8. The predicted molar refractivity (Wildman–Crippen MR) is 148 cm³/mol. The van der Waals surface area contributed by atoms with Crippen LogP contribution in [0.25, 0.3) is 11.1 Å². The summed E-state index contributed by atoms with van der Waals surface area (Å²) in [4.78, 5) is 38.1. The van der Waals surface area contributed by atoms with Gasteiger partial charge in [-0.05, 0) is 84.8 Å². The Labute approximate surface area is 218 Å². The fourth-order valence-electron chi connectivity index (χ4n) is 5.31. The maximum atomic E-state index is 12.6. The molecule has 1 fully saturated rings. The molecule has 190 valence electrons. The van der Waals surface area contributed by atoms with Gasteiger partial charge in [-0.25, -0.2) is 0 Å². The fourth-order valence-corrected chi connectivity index (χ4v) is 5.31. The van der Waals surface area contributed by atoms with Crippen molar-refractivity contribution in [2.24, 2.45) is 5.92 Å². The van der Waals surface area contributed by atoms with Gasteiger partial charge in [0, 0.05) is 49.3 Å². The van der Waals surface area contributed by atoms with E-state index in [0.29, 0.717) is 12.2 Å².